The second kappa shape index (κ2) is 7.79. The van der Waals surface area contributed by atoms with Gasteiger partial charge < -0.3 is 11.1 Å². The first-order valence-corrected chi connectivity index (χ1v) is 5.98. The quantitative estimate of drug-likeness (QED) is 0.714. The number of benzene rings is 1. The molecular formula is C13H19FN2O. The van der Waals surface area contributed by atoms with E-state index in [1.165, 1.54) is 24.3 Å². The predicted molar refractivity (Wildman–Crippen MR) is 66.3 cm³/mol. The van der Waals surface area contributed by atoms with E-state index in [2.05, 4.69) is 5.32 Å². The number of nitrogens with two attached hydrogens (primary N) is 1. The molecule has 1 aromatic carbocycles. The lowest BCUT2D eigenvalue weighted by Crippen LogP contribution is -2.24. The highest BCUT2D eigenvalue weighted by Crippen LogP contribution is 2.03. The fraction of sp³-hybridized carbons (Fsp3) is 0.462. The first-order valence-electron chi connectivity index (χ1n) is 5.98. The van der Waals surface area contributed by atoms with E-state index in [1.54, 1.807) is 0 Å². The van der Waals surface area contributed by atoms with Gasteiger partial charge in [0.25, 0.3) is 5.91 Å². The summed E-state index contributed by atoms with van der Waals surface area (Å²) in [7, 11) is 0. The van der Waals surface area contributed by atoms with Crippen molar-refractivity contribution in [1.82, 2.24) is 5.32 Å². The van der Waals surface area contributed by atoms with Crippen LogP contribution in [0.4, 0.5) is 4.39 Å². The number of halogens is 1. The van der Waals surface area contributed by atoms with Crippen LogP contribution in [0.1, 0.15) is 36.0 Å². The average Bonchev–Trinajstić information content (AvgIpc) is 2.34. The summed E-state index contributed by atoms with van der Waals surface area (Å²) in [6, 6.07) is 5.55. The van der Waals surface area contributed by atoms with Crippen LogP contribution in [0, 0.1) is 5.82 Å². The van der Waals surface area contributed by atoms with Gasteiger partial charge in [-0.25, -0.2) is 4.39 Å². The second-order valence-electron chi connectivity index (χ2n) is 3.97. The van der Waals surface area contributed by atoms with Crippen LogP contribution in [0.3, 0.4) is 0 Å². The first kappa shape index (κ1) is 13.6. The number of unbranched alkanes of at least 4 members (excludes halogenated alkanes) is 3. The minimum atomic E-state index is -0.330. The van der Waals surface area contributed by atoms with Gasteiger partial charge in [0.05, 0.1) is 0 Å². The molecule has 1 amide bonds. The summed E-state index contributed by atoms with van der Waals surface area (Å²) in [6.45, 7) is 1.38. The second-order valence-corrected chi connectivity index (χ2v) is 3.97. The molecule has 94 valence electrons. The Kier molecular flexibility index (Phi) is 6.25. The van der Waals surface area contributed by atoms with E-state index in [9.17, 15) is 9.18 Å². The van der Waals surface area contributed by atoms with Crippen LogP contribution >= 0.6 is 0 Å². The topological polar surface area (TPSA) is 55.1 Å². The molecule has 0 fully saturated rings. The van der Waals surface area contributed by atoms with E-state index >= 15 is 0 Å². The maximum atomic E-state index is 12.6. The van der Waals surface area contributed by atoms with Crippen LogP contribution in [-0.4, -0.2) is 19.0 Å². The van der Waals surface area contributed by atoms with Crippen LogP contribution in [0.25, 0.3) is 0 Å². The Morgan fingerprint density at radius 2 is 1.76 bits per heavy atom. The van der Waals surface area contributed by atoms with E-state index in [4.69, 9.17) is 5.73 Å². The summed E-state index contributed by atoms with van der Waals surface area (Å²) in [5.74, 6) is -0.479. The third-order valence-electron chi connectivity index (χ3n) is 2.52. The maximum absolute atomic E-state index is 12.6. The van der Waals surface area contributed by atoms with Crippen molar-refractivity contribution >= 4 is 5.91 Å². The lowest BCUT2D eigenvalue weighted by Gasteiger charge is -2.05. The molecule has 0 aliphatic rings. The van der Waals surface area contributed by atoms with Crippen molar-refractivity contribution in [3.05, 3.63) is 35.6 Å². The normalized spacial score (nSPS) is 10.2. The molecule has 0 aromatic heterocycles. The molecular weight excluding hydrogens is 219 g/mol. The Bertz CT molecular complexity index is 338. The molecule has 3 N–H and O–H groups in total. The molecule has 1 rings (SSSR count). The lowest BCUT2D eigenvalue weighted by atomic mass is 10.2. The van der Waals surface area contributed by atoms with Gasteiger partial charge in [-0.3, -0.25) is 4.79 Å². The monoisotopic (exact) mass is 238 g/mol. The van der Waals surface area contributed by atoms with Crippen LogP contribution in [0.5, 0.6) is 0 Å². The number of hydrogen-bond acceptors (Lipinski definition) is 2. The fourth-order valence-corrected chi connectivity index (χ4v) is 1.53. The van der Waals surface area contributed by atoms with Crippen molar-refractivity contribution < 1.29 is 9.18 Å². The predicted octanol–water partition coefficient (Wildman–Crippen LogP) is 2.07. The van der Waals surface area contributed by atoms with Gasteiger partial charge in [-0.2, -0.15) is 0 Å². The van der Waals surface area contributed by atoms with Crippen molar-refractivity contribution in [2.75, 3.05) is 13.1 Å². The van der Waals surface area contributed by atoms with E-state index in [0.29, 0.717) is 12.1 Å². The highest BCUT2D eigenvalue weighted by atomic mass is 19.1. The number of carbonyl (C=O) groups is 1. The molecule has 17 heavy (non-hydrogen) atoms. The Hall–Kier alpha value is -1.42. The molecule has 0 unspecified atom stereocenters. The minimum absolute atomic E-state index is 0.149. The molecule has 0 aliphatic heterocycles. The van der Waals surface area contributed by atoms with Gasteiger partial charge in [0.2, 0.25) is 0 Å². The Morgan fingerprint density at radius 3 is 2.41 bits per heavy atom. The van der Waals surface area contributed by atoms with Crippen molar-refractivity contribution in [2.24, 2.45) is 5.73 Å². The first-order chi connectivity index (χ1) is 8.24. The van der Waals surface area contributed by atoms with E-state index in [0.717, 1.165) is 32.2 Å². The number of rotatable bonds is 7. The van der Waals surface area contributed by atoms with E-state index < -0.39 is 0 Å². The zero-order valence-corrected chi connectivity index (χ0v) is 9.92. The van der Waals surface area contributed by atoms with E-state index in [-0.39, 0.29) is 11.7 Å². The smallest absolute Gasteiger partial charge is 0.251 e. The summed E-state index contributed by atoms with van der Waals surface area (Å²) in [6.07, 6.45) is 4.16. The number of carbonyl (C=O) groups excluding carboxylic acids is 1. The van der Waals surface area contributed by atoms with Crippen molar-refractivity contribution in [3.63, 3.8) is 0 Å². The van der Waals surface area contributed by atoms with Crippen LogP contribution in [-0.2, 0) is 0 Å². The summed E-state index contributed by atoms with van der Waals surface area (Å²) in [4.78, 5) is 11.6. The van der Waals surface area contributed by atoms with Crippen LogP contribution in [0.2, 0.25) is 0 Å². The van der Waals surface area contributed by atoms with Gasteiger partial charge in [0.15, 0.2) is 0 Å². The molecule has 0 saturated carbocycles. The SMILES string of the molecule is NCCCCCCNC(=O)c1ccc(F)cc1. The molecule has 3 nitrogen and oxygen atoms in total. The average molecular weight is 238 g/mol. The molecule has 1 aromatic rings. The lowest BCUT2D eigenvalue weighted by molar-refractivity contribution is 0.0953. The summed E-state index contributed by atoms with van der Waals surface area (Å²) in [5, 5.41) is 2.80. The summed E-state index contributed by atoms with van der Waals surface area (Å²) < 4.78 is 12.6. The van der Waals surface area contributed by atoms with Gasteiger partial charge in [0, 0.05) is 12.1 Å². The highest BCUT2D eigenvalue weighted by Gasteiger charge is 2.03. The largest absolute Gasteiger partial charge is 0.352 e. The van der Waals surface area contributed by atoms with Crippen molar-refractivity contribution in [1.29, 1.82) is 0 Å². The molecule has 0 bridgehead atoms. The Morgan fingerprint density at radius 1 is 1.12 bits per heavy atom. The zero-order valence-electron chi connectivity index (χ0n) is 9.92. The molecule has 0 aliphatic carbocycles. The minimum Gasteiger partial charge on any atom is -0.352 e. The van der Waals surface area contributed by atoms with Gasteiger partial charge >= 0.3 is 0 Å². The zero-order chi connectivity index (χ0) is 12.5. The fourth-order valence-electron chi connectivity index (χ4n) is 1.53. The third-order valence-corrected chi connectivity index (χ3v) is 2.52. The van der Waals surface area contributed by atoms with Crippen LogP contribution in [0.15, 0.2) is 24.3 Å². The summed E-state index contributed by atoms with van der Waals surface area (Å²) >= 11 is 0. The van der Waals surface area contributed by atoms with Crippen LogP contribution < -0.4 is 11.1 Å². The maximum Gasteiger partial charge on any atom is 0.251 e. The van der Waals surface area contributed by atoms with Crippen molar-refractivity contribution in [2.45, 2.75) is 25.7 Å². The van der Waals surface area contributed by atoms with Gasteiger partial charge in [-0.15, -0.1) is 0 Å². The Balaban J connectivity index is 2.19. The van der Waals surface area contributed by atoms with Gasteiger partial charge in [0.1, 0.15) is 5.82 Å². The molecule has 4 heteroatoms. The van der Waals surface area contributed by atoms with E-state index in [1.807, 2.05) is 0 Å². The molecule has 0 saturated heterocycles. The standard InChI is InChI=1S/C13H19FN2O/c14-12-7-5-11(6-8-12)13(17)16-10-4-2-1-3-9-15/h5-8H,1-4,9-10,15H2,(H,16,17). The molecule has 0 atom stereocenters. The molecule has 0 spiro atoms. The number of hydrogen-bond donors (Lipinski definition) is 2. The number of nitrogens with one attached hydrogen (secondary N) is 1. The third kappa shape index (κ3) is 5.45. The van der Waals surface area contributed by atoms with Crippen molar-refractivity contribution in [3.8, 4) is 0 Å². The Labute approximate surface area is 101 Å². The van der Waals surface area contributed by atoms with Gasteiger partial charge in [-0.1, -0.05) is 12.8 Å². The number of amides is 1. The summed E-state index contributed by atoms with van der Waals surface area (Å²) in [5.41, 5.74) is 5.87. The highest BCUT2D eigenvalue weighted by molar-refractivity contribution is 5.94. The van der Waals surface area contributed by atoms with Gasteiger partial charge in [-0.05, 0) is 43.7 Å². The molecule has 0 heterocycles. The molecule has 0 radical (unpaired) electrons.